The van der Waals surface area contributed by atoms with Gasteiger partial charge in [0.15, 0.2) is 0 Å². The normalized spacial score (nSPS) is 10.6. The van der Waals surface area contributed by atoms with Crippen LogP contribution in [-0.2, 0) is 12.4 Å². The van der Waals surface area contributed by atoms with Crippen molar-refractivity contribution in [3.05, 3.63) is 64.2 Å². The van der Waals surface area contributed by atoms with E-state index in [9.17, 15) is 5.11 Å². The van der Waals surface area contributed by atoms with Crippen LogP contribution in [0.2, 0.25) is 5.02 Å². The quantitative estimate of drug-likeness (QED) is 0.835. The summed E-state index contributed by atoms with van der Waals surface area (Å²) in [6.45, 7) is 2.13. The van der Waals surface area contributed by atoms with E-state index in [0.29, 0.717) is 5.02 Å². The number of hydrogen-bond donors (Lipinski definition) is 1. The van der Waals surface area contributed by atoms with Crippen LogP contribution in [0.3, 0.4) is 0 Å². The Morgan fingerprint density at radius 1 is 1.06 bits per heavy atom. The maximum atomic E-state index is 9.32. The molecule has 0 aromatic heterocycles. The van der Waals surface area contributed by atoms with E-state index in [1.807, 2.05) is 30.3 Å². The fourth-order valence-electron chi connectivity index (χ4n) is 1.76. The number of benzene rings is 2. The van der Waals surface area contributed by atoms with Crippen molar-refractivity contribution >= 4 is 23.4 Å². The van der Waals surface area contributed by atoms with Crippen LogP contribution < -0.4 is 0 Å². The van der Waals surface area contributed by atoms with Gasteiger partial charge in [-0.25, -0.2) is 0 Å². The lowest BCUT2D eigenvalue weighted by molar-refractivity contribution is 0.279. The molecule has 0 atom stereocenters. The standard InChI is InChI=1S/C15H15ClOS/c1-11-5-2-3-6-13(11)10-18-15-12(9-17)7-4-8-14(15)16/h2-8,17H,9-10H2,1H3. The van der Waals surface area contributed by atoms with E-state index in [1.165, 1.54) is 11.1 Å². The summed E-state index contributed by atoms with van der Waals surface area (Å²) in [5.74, 6) is 0.864. The minimum Gasteiger partial charge on any atom is -0.392 e. The molecule has 0 aliphatic heterocycles. The van der Waals surface area contributed by atoms with E-state index in [2.05, 4.69) is 19.1 Å². The number of hydrogen-bond acceptors (Lipinski definition) is 2. The summed E-state index contributed by atoms with van der Waals surface area (Å²) < 4.78 is 0. The Bertz CT molecular complexity index is 540. The lowest BCUT2D eigenvalue weighted by atomic mass is 10.1. The van der Waals surface area contributed by atoms with Crippen molar-refractivity contribution in [1.29, 1.82) is 0 Å². The molecule has 2 aromatic rings. The minimum absolute atomic E-state index is 0.0245. The van der Waals surface area contributed by atoms with Crippen LogP contribution in [0.25, 0.3) is 0 Å². The Kier molecular flexibility index (Phi) is 4.70. The van der Waals surface area contributed by atoms with Gasteiger partial charge in [-0.1, -0.05) is 48.0 Å². The van der Waals surface area contributed by atoms with Gasteiger partial charge in [-0.2, -0.15) is 0 Å². The Balaban J connectivity index is 2.18. The molecule has 0 aliphatic carbocycles. The van der Waals surface area contributed by atoms with Gasteiger partial charge in [0.25, 0.3) is 0 Å². The zero-order valence-electron chi connectivity index (χ0n) is 10.2. The first kappa shape index (κ1) is 13.5. The maximum absolute atomic E-state index is 9.32. The maximum Gasteiger partial charge on any atom is 0.0693 e. The minimum atomic E-state index is 0.0245. The molecule has 0 saturated heterocycles. The van der Waals surface area contributed by atoms with Gasteiger partial charge in [0.05, 0.1) is 11.6 Å². The summed E-state index contributed by atoms with van der Waals surface area (Å²) in [7, 11) is 0. The van der Waals surface area contributed by atoms with Crippen molar-refractivity contribution in [1.82, 2.24) is 0 Å². The molecule has 3 heteroatoms. The third kappa shape index (κ3) is 3.08. The molecule has 1 N–H and O–H groups in total. The Morgan fingerprint density at radius 2 is 1.78 bits per heavy atom. The van der Waals surface area contributed by atoms with Crippen LogP contribution in [0.5, 0.6) is 0 Å². The molecule has 0 saturated carbocycles. The zero-order valence-corrected chi connectivity index (χ0v) is 11.8. The van der Waals surface area contributed by atoms with Crippen molar-refractivity contribution in [2.45, 2.75) is 24.2 Å². The third-order valence-corrected chi connectivity index (χ3v) is 4.51. The molecule has 0 fully saturated rings. The van der Waals surface area contributed by atoms with Gasteiger partial charge in [0.1, 0.15) is 0 Å². The van der Waals surface area contributed by atoms with Gasteiger partial charge in [0.2, 0.25) is 0 Å². The van der Waals surface area contributed by atoms with Crippen LogP contribution in [-0.4, -0.2) is 5.11 Å². The highest BCUT2D eigenvalue weighted by atomic mass is 35.5. The molecule has 0 amide bonds. The summed E-state index contributed by atoms with van der Waals surface area (Å²) in [6.07, 6.45) is 0. The van der Waals surface area contributed by atoms with Gasteiger partial charge in [0, 0.05) is 10.6 Å². The topological polar surface area (TPSA) is 20.2 Å². The smallest absolute Gasteiger partial charge is 0.0693 e. The van der Waals surface area contributed by atoms with Crippen LogP contribution in [0.15, 0.2) is 47.4 Å². The van der Waals surface area contributed by atoms with Crippen LogP contribution >= 0.6 is 23.4 Å². The molecule has 1 nitrogen and oxygen atoms in total. The van der Waals surface area contributed by atoms with Gasteiger partial charge in [-0.15, -0.1) is 11.8 Å². The predicted octanol–water partition coefficient (Wildman–Crippen LogP) is 4.43. The van der Waals surface area contributed by atoms with Crippen LogP contribution in [0.1, 0.15) is 16.7 Å². The van der Waals surface area contributed by atoms with E-state index in [4.69, 9.17) is 11.6 Å². The molecule has 2 aromatic carbocycles. The number of thioether (sulfide) groups is 1. The number of aryl methyl sites for hydroxylation is 1. The first-order chi connectivity index (χ1) is 8.72. The van der Waals surface area contributed by atoms with E-state index in [1.54, 1.807) is 11.8 Å². The average molecular weight is 279 g/mol. The first-order valence-corrected chi connectivity index (χ1v) is 7.14. The molecule has 18 heavy (non-hydrogen) atoms. The second-order valence-electron chi connectivity index (χ2n) is 4.10. The Hall–Kier alpha value is -0.960. The molecular formula is C15H15ClOS. The van der Waals surface area contributed by atoms with Crippen LogP contribution in [0, 0.1) is 6.92 Å². The summed E-state index contributed by atoms with van der Waals surface area (Å²) in [4.78, 5) is 0.977. The predicted molar refractivity (Wildman–Crippen MR) is 78.1 cm³/mol. The number of aliphatic hydroxyl groups is 1. The lowest BCUT2D eigenvalue weighted by Crippen LogP contribution is -1.90. The van der Waals surface area contributed by atoms with Gasteiger partial charge >= 0.3 is 0 Å². The van der Waals surface area contributed by atoms with Gasteiger partial charge in [-0.3, -0.25) is 0 Å². The second kappa shape index (κ2) is 6.28. The van der Waals surface area contributed by atoms with Crippen LogP contribution in [0.4, 0.5) is 0 Å². The summed E-state index contributed by atoms with van der Waals surface area (Å²) in [6, 6.07) is 14.0. The first-order valence-electron chi connectivity index (χ1n) is 5.78. The van der Waals surface area contributed by atoms with E-state index in [-0.39, 0.29) is 6.61 Å². The van der Waals surface area contributed by atoms with Crippen molar-refractivity contribution in [3.8, 4) is 0 Å². The second-order valence-corrected chi connectivity index (χ2v) is 5.49. The monoisotopic (exact) mass is 278 g/mol. The molecule has 0 aliphatic rings. The van der Waals surface area contributed by atoms with Gasteiger partial charge < -0.3 is 5.11 Å². The average Bonchev–Trinajstić information content (AvgIpc) is 2.39. The van der Waals surface area contributed by atoms with E-state index < -0.39 is 0 Å². The molecule has 94 valence electrons. The SMILES string of the molecule is Cc1ccccc1CSc1c(Cl)cccc1CO. The molecule has 0 spiro atoms. The fraction of sp³-hybridized carbons (Fsp3) is 0.200. The molecule has 0 radical (unpaired) electrons. The Labute approximate surface area is 117 Å². The molecule has 0 heterocycles. The van der Waals surface area contributed by atoms with Crippen molar-refractivity contribution in [2.75, 3.05) is 0 Å². The van der Waals surface area contributed by atoms with E-state index in [0.717, 1.165) is 16.2 Å². The number of aliphatic hydroxyl groups excluding tert-OH is 1. The van der Waals surface area contributed by atoms with E-state index >= 15 is 0 Å². The lowest BCUT2D eigenvalue weighted by Gasteiger charge is -2.10. The largest absolute Gasteiger partial charge is 0.392 e. The number of rotatable bonds is 4. The number of halogens is 1. The highest BCUT2D eigenvalue weighted by Gasteiger charge is 2.08. The fourth-order valence-corrected chi connectivity index (χ4v) is 3.27. The highest BCUT2D eigenvalue weighted by Crippen LogP contribution is 2.33. The summed E-state index contributed by atoms with van der Waals surface area (Å²) in [5.41, 5.74) is 3.47. The molecule has 0 bridgehead atoms. The van der Waals surface area contributed by atoms with Crippen molar-refractivity contribution in [3.63, 3.8) is 0 Å². The van der Waals surface area contributed by atoms with Gasteiger partial charge in [-0.05, 0) is 29.7 Å². The Morgan fingerprint density at radius 3 is 2.50 bits per heavy atom. The van der Waals surface area contributed by atoms with Crippen molar-refractivity contribution in [2.24, 2.45) is 0 Å². The molecular weight excluding hydrogens is 264 g/mol. The molecule has 0 unspecified atom stereocenters. The zero-order chi connectivity index (χ0) is 13.0. The summed E-state index contributed by atoms with van der Waals surface area (Å²) in [5, 5.41) is 10.0. The third-order valence-electron chi connectivity index (χ3n) is 2.85. The van der Waals surface area contributed by atoms with Crippen molar-refractivity contribution < 1.29 is 5.11 Å². The molecule has 2 rings (SSSR count). The summed E-state index contributed by atoms with van der Waals surface area (Å²) >= 11 is 7.86. The highest BCUT2D eigenvalue weighted by molar-refractivity contribution is 7.98.